The molecule has 0 radical (unpaired) electrons. The topological polar surface area (TPSA) is 9.23 Å². The SMILES string of the molecule is C1=C\OCCCCCCC/1. The highest BCUT2D eigenvalue weighted by atomic mass is 16.5. The number of allylic oxidation sites excluding steroid dienone is 1. The first-order chi connectivity index (χ1) is 5.00. The normalized spacial score (nSPS) is 24.8. The zero-order chi connectivity index (χ0) is 7.07. The molecule has 1 heteroatoms. The molecule has 0 amide bonds. The van der Waals surface area contributed by atoms with Gasteiger partial charge in [0, 0.05) is 0 Å². The highest BCUT2D eigenvalue weighted by Crippen LogP contribution is 2.07. The molecule has 0 spiro atoms. The molecule has 1 heterocycles. The van der Waals surface area contributed by atoms with Crippen molar-refractivity contribution in [3.63, 3.8) is 0 Å². The van der Waals surface area contributed by atoms with E-state index in [0.717, 1.165) is 6.61 Å². The van der Waals surface area contributed by atoms with Crippen LogP contribution in [0.2, 0.25) is 0 Å². The average Bonchev–Trinajstić information content (AvgIpc) is 2.01. The summed E-state index contributed by atoms with van der Waals surface area (Å²) in [5.41, 5.74) is 0. The third-order valence-electron chi connectivity index (χ3n) is 1.83. The first kappa shape index (κ1) is 7.64. The van der Waals surface area contributed by atoms with Crippen LogP contribution < -0.4 is 0 Å². The lowest BCUT2D eigenvalue weighted by Crippen LogP contribution is -1.89. The molecular weight excluding hydrogens is 124 g/mol. The smallest absolute Gasteiger partial charge is 0.0873 e. The molecule has 0 unspecified atom stereocenters. The molecule has 0 fully saturated rings. The van der Waals surface area contributed by atoms with Crippen molar-refractivity contribution in [2.75, 3.05) is 6.61 Å². The van der Waals surface area contributed by atoms with Gasteiger partial charge in [-0.2, -0.15) is 0 Å². The van der Waals surface area contributed by atoms with Gasteiger partial charge in [0.25, 0.3) is 0 Å². The minimum atomic E-state index is 0.913. The van der Waals surface area contributed by atoms with Crippen LogP contribution in [-0.2, 0) is 4.74 Å². The number of rotatable bonds is 0. The van der Waals surface area contributed by atoms with Crippen molar-refractivity contribution in [2.24, 2.45) is 0 Å². The van der Waals surface area contributed by atoms with Gasteiger partial charge in [-0.3, -0.25) is 0 Å². The monoisotopic (exact) mass is 140 g/mol. The first-order valence-electron chi connectivity index (χ1n) is 4.27. The van der Waals surface area contributed by atoms with Gasteiger partial charge in [0.05, 0.1) is 12.9 Å². The summed E-state index contributed by atoms with van der Waals surface area (Å²) in [4.78, 5) is 0. The van der Waals surface area contributed by atoms with Gasteiger partial charge >= 0.3 is 0 Å². The lowest BCUT2D eigenvalue weighted by Gasteiger charge is -2.03. The largest absolute Gasteiger partial charge is 0.502 e. The lowest BCUT2D eigenvalue weighted by atomic mass is 10.1. The maximum absolute atomic E-state index is 5.23. The van der Waals surface area contributed by atoms with Crippen molar-refractivity contribution in [2.45, 2.75) is 38.5 Å². The van der Waals surface area contributed by atoms with Crippen LogP contribution in [0.3, 0.4) is 0 Å². The van der Waals surface area contributed by atoms with Crippen LogP contribution in [-0.4, -0.2) is 6.61 Å². The maximum Gasteiger partial charge on any atom is 0.0873 e. The highest BCUT2D eigenvalue weighted by molar-refractivity contribution is 4.73. The molecule has 0 aromatic carbocycles. The molecule has 1 aliphatic heterocycles. The number of hydrogen-bond donors (Lipinski definition) is 0. The minimum absolute atomic E-state index is 0.913. The maximum atomic E-state index is 5.23. The molecule has 0 saturated heterocycles. The Morgan fingerprint density at radius 3 is 2.70 bits per heavy atom. The summed E-state index contributed by atoms with van der Waals surface area (Å²) < 4.78 is 5.23. The Morgan fingerprint density at radius 2 is 1.70 bits per heavy atom. The lowest BCUT2D eigenvalue weighted by molar-refractivity contribution is 0.237. The van der Waals surface area contributed by atoms with E-state index in [-0.39, 0.29) is 0 Å². The zero-order valence-corrected chi connectivity index (χ0v) is 6.51. The van der Waals surface area contributed by atoms with Crippen molar-refractivity contribution in [3.05, 3.63) is 12.3 Å². The Labute approximate surface area is 63.1 Å². The minimum Gasteiger partial charge on any atom is -0.502 e. The molecule has 0 aliphatic carbocycles. The molecule has 58 valence electrons. The third-order valence-corrected chi connectivity index (χ3v) is 1.83. The molecule has 0 N–H and O–H groups in total. The molecule has 10 heavy (non-hydrogen) atoms. The number of ether oxygens (including phenoxy) is 1. The Bertz CT molecular complexity index is 84.9. The first-order valence-corrected chi connectivity index (χ1v) is 4.27. The van der Waals surface area contributed by atoms with Crippen molar-refractivity contribution < 1.29 is 4.74 Å². The third kappa shape index (κ3) is 3.54. The van der Waals surface area contributed by atoms with Gasteiger partial charge in [-0.15, -0.1) is 0 Å². The van der Waals surface area contributed by atoms with E-state index >= 15 is 0 Å². The molecule has 1 nitrogen and oxygen atoms in total. The van der Waals surface area contributed by atoms with E-state index in [9.17, 15) is 0 Å². The Hall–Kier alpha value is -0.460. The summed E-state index contributed by atoms with van der Waals surface area (Å²) in [6.45, 7) is 0.913. The van der Waals surface area contributed by atoms with Crippen LogP contribution in [0, 0.1) is 0 Å². The van der Waals surface area contributed by atoms with Crippen LogP contribution in [0.15, 0.2) is 12.3 Å². The predicted molar refractivity (Wildman–Crippen MR) is 42.8 cm³/mol. The molecule has 1 aliphatic rings. The average molecular weight is 140 g/mol. The van der Waals surface area contributed by atoms with E-state index in [1.165, 1.54) is 38.5 Å². The van der Waals surface area contributed by atoms with Gasteiger partial charge in [0.1, 0.15) is 0 Å². The Morgan fingerprint density at radius 1 is 0.900 bits per heavy atom. The standard InChI is InChI=1S/C9H16O/c1-2-4-6-8-10-9-7-5-3-1/h6,8H,1-5,7,9H2/b8-6-. The molecule has 0 bridgehead atoms. The van der Waals surface area contributed by atoms with Crippen molar-refractivity contribution in [1.82, 2.24) is 0 Å². The summed E-state index contributed by atoms with van der Waals surface area (Å²) in [5.74, 6) is 0. The molecule has 0 atom stereocenters. The van der Waals surface area contributed by atoms with Crippen LogP contribution in [0.5, 0.6) is 0 Å². The van der Waals surface area contributed by atoms with E-state index in [0.29, 0.717) is 0 Å². The van der Waals surface area contributed by atoms with E-state index in [4.69, 9.17) is 4.74 Å². The summed E-state index contributed by atoms with van der Waals surface area (Å²) >= 11 is 0. The molecule has 0 saturated carbocycles. The summed E-state index contributed by atoms with van der Waals surface area (Å²) in [6, 6.07) is 0. The van der Waals surface area contributed by atoms with Crippen molar-refractivity contribution >= 4 is 0 Å². The van der Waals surface area contributed by atoms with Crippen molar-refractivity contribution in [1.29, 1.82) is 0 Å². The van der Waals surface area contributed by atoms with Gasteiger partial charge in [-0.05, 0) is 25.3 Å². The summed E-state index contributed by atoms with van der Waals surface area (Å²) in [6.07, 6.45) is 11.9. The second kappa shape index (κ2) is 5.33. The number of hydrogen-bond acceptors (Lipinski definition) is 1. The van der Waals surface area contributed by atoms with Gasteiger partial charge < -0.3 is 4.74 Å². The predicted octanol–water partition coefficient (Wildman–Crippen LogP) is 2.87. The second-order valence-electron chi connectivity index (χ2n) is 2.80. The van der Waals surface area contributed by atoms with E-state index in [2.05, 4.69) is 6.08 Å². The zero-order valence-electron chi connectivity index (χ0n) is 6.51. The summed E-state index contributed by atoms with van der Waals surface area (Å²) in [5, 5.41) is 0. The molecular formula is C9H16O. The van der Waals surface area contributed by atoms with Gasteiger partial charge in [-0.1, -0.05) is 19.3 Å². The Balaban J connectivity index is 2.13. The molecule has 0 aromatic heterocycles. The van der Waals surface area contributed by atoms with E-state index < -0.39 is 0 Å². The highest BCUT2D eigenvalue weighted by Gasteiger charge is 1.91. The molecule has 1 rings (SSSR count). The molecule has 0 aromatic rings. The fourth-order valence-electron chi connectivity index (χ4n) is 1.18. The Kier molecular flexibility index (Phi) is 4.08. The fourth-order valence-corrected chi connectivity index (χ4v) is 1.18. The van der Waals surface area contributed by atoms with Crippen LogP contribution >= 0.6 is 0 Å². The van der Waals surface area contributed by atoms with Crippen molar-refractivity contribution in [3.8, 4) is 0 Å². The van der Waals surface area contributed by atoms with Crippen LogP contribution in [0.1, 0.15) is 38.5 Å². The van der Waals surface area contributed by atoms with E-state index in [1.807, 2.05) is 6.26 Å². The van der Waals surface area contributed by atoms with Gasteiger partial charge in [0.15, 0.2) is 0 Å². The van der Waals surface area contributed by atoms with Gasteiger partial charge in [0.2, 0.25) is 0 Å². The van der Waals surface area contributed by atoms with Crippen LogP contribution in [0.4, 0.5) is 0 Å². The fraction of sp³-hybridized carbons (Fsp3) is 0.778. The van der Waals surface area contributed by atoms with E-state index in [1.54, 1.807) is 0 Å². The second-order valence-corrected chi connectivity index (χ2v) is 2.80. The van der Waals surface area contributed by atoms with Crippen LogP contribution in [0.25, 0.3) is 0 Å². The summed E-state index contributed by atoms with van der Waals surface area (Å²) in [7, 11) is 0. The van der Waals surface area contributed by atoms with Gasteiger partial charge in [-0.25, -0.2) is 0 Å². The quantitative estimate of drug-likeness (QED) is 0.502.